The van der Waals surface area contributed by atoms with Crippen LogP contribution >= 0.6 is 0 Å². The monoisotopic (exact) mass is 287 g/mol. The van der Waals surface area contributed by atoms with Crippen LogP contribution < -0.4 is 5.32 Å². The summed E-state index contributed by atoms with van der Waals surface area (Å²) in [5, 5.41) is 12.5. The minimum atomic E-state index is 0.629. The minimum absolute atomic E-state index is 0.629. The van der Waals surface area contributed by atoms with Gasteiger partial charge in [0.1, 0.15) is 0 Å². The molecule has 0 aliphatic heterocycles. The molecular weight excluding hydrogens is 262 g/mol. The van der Waals surface area contributed by atoms with Crippen LogP contribution in [0.25, 0.3) is 0 Å². The SMILES string of the molecule is CCn1cc(CNCc2cnn(C3CCCC3)c2)c(C)n1. The third kappa shape index (κ3) is 3.35. The van der Waals surface area contributed by atoms with E-state index in [0.717, 1.165) is 25.3 Å². The Labute approximate surface area is 126 Å². The highest BCUT2D eigenvalue weighted by Crippen LogP contribution is 2.28. The van der Waals surface area contributed by atoms with Gasteiger partial charge in [-0.15, -0.1) is 0 Å². The molecule has 1 N–H and O–H groups in total. The molecule has 0 aromatic carbocycles. The minimum Gasteiger partial charge on any atom is -0.308 e. The number of hydrogen-bond donors (Lipinski definition) is 1. The summed E-state index contributed by atoms with van der Waals surface area (Å²) in [6, 6.07) is 0.629. The lowest BCUT2D eigenvalue weighted by atomic mass is 10.2. The van der Waals surface area contributed by atoms with Gasteiger partial charge in [-0.25, -0.2) is 0 Å². The molecule has 5 heteroatoms. The molecule has 3 rings (SSSR count). The molecule has 2 heterocycles. The Hall–Kier alpha value is -1.62. The lowest BCUT2D eigenvalue weighted by Gasteiger charge is -2.08. The van der Waals surface area contributed by atoms with E-state index < -0.39 is 0 Å². The van der Waals surface area contributed by atoms with Gasteiger partial charge in [-0.3, -0.25) is 9.36 Å². The average molecular weight is 287 g/mol. The van der Waals surface area contributed by atoms with Crippen LogP contribution in [-0.4, -0.2) is 19.6 Å². The van der Waals surface area contributed by atoms with Gasteiger partial charge in [0, 0.05) is 43.2 Å². The first kappa shape index (κ1) is 14.3. The van der Waals surface area contributed by atoms with Gasteiger partial charge in [0.25, 0.3) is 0 Å². The summed E-state index contributed by atoms with van der Waals surface area (Å²) in [4.78, 5) is 0. The Morgan fingerprint density at radius 2 is 2.05 bits per heavy atom. The second kappa shape index (κ2) is 6.43. The van der Waals surface area contributed by atoms with Gasteiger partial charge in [0.05, 0.1) is 17.9 Å². The van der Waals surface area contributed by atoms with Crippen LogP contribution in [0.4, 0.5) is 0 Å². The molecule has 0 bridgehead atoms. The largest absolute Gasteiger partial charge is 0.308 e. The Balaban J connectivity index is 1.52. The van der Waals surface area contributed by atoms with Crippen molar-refractivity contribution in [2.45, 2.75) is 65.2 Å². The highest BCUT2D eigenvalue weighted by molar-refractivity contribution is 5.15. The molecule has 2 aromatic heterocycles. The van der Waals surface area contributed by atoms with E-state index in [1.807, 2.05) is 10.9 Å². The molecule has 114 valence electrons. The van der Waals surface area contributed by atoms with Gasteiger partial charge in [0.15, 0.2) is 0 Å². The van der Waals surface area contributed by atoms with Crippen LogP contribution in [0, 0.1) is 6.92 Å². The summed E-state index contributed by atoms with van der Waals surface area (Å²) in [6.07, 6.45) is 11.6. The van der Waals surface area contributed by atoms with Crippen LogP contribution in [0.15, 0.2) is 18.6 Å². The van der Waals surface area contributed by atoms with E-state index in [1.165, 1.54) is 36.8 Å². The maximum absolute atomic E-state index is 4.52. The third-order valence-electron chi connectivity index (χ3n) is 4.37. The van der Waals surface area contributed by atoms with Crippen LogP contribution in [0.2, 0.25) is 0 Å². The van der Waals surface area contributed by atoms with Crippen molar-refractivity contribution in [3.8, 4) is 0 Å². The summed E-state index contributed by atoms with van der Waals surface area (Å²) in [5.41, 5.74) is 3.66. The zero-order valence-corrected chi connectivity index (χ0v) is 13.0. The maximum Gasteiger partial charge on any atom is 0.0638 e. The fourth-order valence-corrected chi connectivity index (χ4v) is 3.07. The van der Waals surface area contributed by atoms with Crippen LogP contribution in [-0.2, 0) is 19.6 Å². The summed E-state index contributed by atoms with van der Waals surface area (Å²) in [6.45, 7) is 6.83. The molecule has 5 nitrogen and oxygen atoms in total. The first-order valence-electron chi connectivity index (χ1n) is 8.03. The van der Waals surface area contributed by atoms with E-state index in [-0.39, 0.29) is 0 Å². The maximum atomic E-state index is 4.52. The summed E-state index contributed by atoms with van der Waals surface area (Å²) >= 11 is 0. The third-order valence-corrected chi connectivity index (χ3v) is 4.37. The molecule has 0 radical (unpaired) electrons. The molecule has 2 aromatic rings. The molecule has 0 atom stereocenters. The van der Waals surface area contributed by atoms with Gasteiger partial charge in [-0.1, -0.05) is 12.8 Å². The highest BCUT2D eigenvalue weighted by Gasteiger charge is 2.17. The number of aromatic nitrogens is 4. The molecule has 1 saturated carbocycles. The first-order chi connectivity index (χ1) is 10.3. The summed E-state index contributed by atoms with van der Waals surface area (Å²) < 4.78 is 4.15. The summed E-state index contributed by atoms with van der Waals surface area (Å²) in [7, 11) is 0. The van der Waals surface area contributed by atoms with E-state index in [4.69, 9.17) is 0 Å². The lowest BCUT2D eigenvalue weighted by Crippen LogP contribution is -2.12. The molecular formula is C16H25N5. The van der Waals surface area contributed by atoms with Crippen molar-refractivity contribution in [1.82, 2.24) is 24.9 Å². The Morgan fingerprint density at radius 3 is 2.76 bits per heavy atom. The van der Waals surface area contributed by atoms with Crippen molar-refractivity contribution in [2.75, 3.05) is 0 Å². The molecule has 0 saturated heterocycles. The van der Waals surface area contributed by atoms with Gasteiger partial charge >= 0.3 is 0 Å². The first-order valence-corrected chi connectivity index (χ1v) is 8.03. The van der Waals surface area contributed by atoms with Gasteiger partial charge in [0.2, 0.25) is 0 Å². The van der Waals surface area contributed by atoms with Crippen LogP contribution in [0.1, 0.15) is 55.5 Å². The smallest absolute Gasteiger partial charge is 0.0638 e. The number of aryl methyl sites for hydroxylation is 2. The Morgan fingerprint density at radius 1 is 1.24 bits per heavy atom. The predicted molar refractivity (Wildman–Crippen MR) is 82.9 cm³/mol. The van der Waals surface area contributed by atoms with Crippen molar-refractivity contribution in [3.05, 3.63) is 35.4 Å². The number of rotatable bonds is 6. The lowest BCUT2D eigenvalue weighted by molar-refractivity contribution is 0.466. The van der Waals surface area contributed by atoms with E-state index in [1.54, 1.807) is 0 Å². The molecule has 1 aliphatic rings. The Kier molecular flexibility index (Phi) is 4.39. The van der Waals surface area contributed by atoms with Gasteiger partial charge in [-0.2, -0.15) is 10.2 Å². The highest BCUT2D eigenvalue weighted by atomic mass is 15.3. The van der Waals surface area contributed by atoms with Crippen molar-refractivity contribution in [2.24, 2.45) is 0 Å². The van der Waals surface area contributed by atoms with E-state index in [2.05, 4.69) is 46.4 Å². The number of hydrogen-bond acceptors (Lipinski definition) is 3. The van der Waals surface area contributed by atoms with Crippen molar-refractivity contribution >= 4 is 0 Å². The molecule has 0 spiro atoms. The quantitative estimate of drug-likeness (QED) is 0.888. The topological polar surface area (TPSA) is 47.7 Å². The predicted octanol–water partition coefficient (Wildman–Crippen LogP) is 2.81. The van der Waals surface area contributed by atoms with E-state index in [0.29, 0.717) is 6.04 Å². The number of nitrogens with one attached hydrogen (secondary N) is 1. The van der Waals surface area contributed by atoms with Crippen molar-refractivity contribution < 1.29 is 0 Å². The van der Waals surface area contributed by atoms with E-state index in [9.17, 15) is 0 Å². The molecule has 1 fully saturated rings. The Bertz CT molecular complexity index is 577. The van der Waals surface area contributed by atoms with Crippen LogP contribution in [0.3, 0.4) is 0 Å². The second-order valence-electron chi connectivity index (χ2n) is 5.97. The van der Waals surface area contributed by atoms with Crippen molar-refractivity contribution in [3.63, 3.8) is 0 Å². The molecule has 0 amide bonds. The normalized spacial score (nSPS) is 15.9. The summed E-state index contributed by atoms with van der Waals surface area (Å²) in [5.74, 6) is 0. The zero-order chi connectivity index (χ0) is 14.7. The standard InChI is InChI=1S/C16H25N5/c1-3-20-12-15(13(2)19-20)10-17-8-14-9-18-21(11-14)16-6-4-5-7-16/h9,11-12,16-17H,3-8,10H2,1-2H3. The van der Waals surface area contributed by atoms with E-state index >= 15 is 0 Å². The van der Waals surface area contributed by atoms with Crippen LogP contribution in [0.5, 0.6) is 0 Å². The van der Waals surface area contributed by atoms with Crippen molar-refractivity contribution in [1.29, 1.82) is 0 Å². The fourth-order valence-electron chi connectivity index (χ4n) is 3.07. The molecule has 21 heavy (non-hydrogen) atoms. The molecule has 0 unspecified atom stereocenters. The van der Waals surface area contributed by atoms with Gasteiger partial charge in [-0.05, 0) is 26.7 Å². The second-order valence-corrected chi connectivity index (χ2v) is 5.97. The fraction of sp³-hybridized carbons (Fsp3) is 0.625. The zero-order valence-electron chi connectivity index (χ0n) is 13.0. The molecule has 1 aliphatic carbocycles. The average Bonchev–Trinajstić information content (AvgIpc) is 3.19. The van der Waals surface area contributed by atoms with Gasteiger partial charge < -0.3 is 5.32 Å². The number of nitrogens with zero attached hydrogens (tertiary/aromatic N) is 4.